The highest BCUT2D eigenvalue weighted by Crippen LogP contribution is 2.33. The Morgan fingerprint density at radius 3 is 2.85 bits per heavy atom. The standard InChI is InChI=1S/C15H19NO3S/c1-3-19-14-9-11(6-7-13(14)18-2)15-16-12(10-20-15)5-4-8-17/h6-7,9-10,17H,3-5,8H2,1-2H3. The van der Waals surface area contributed by atoms with E-state index in [1.54, 1.807) is 18.4 Å². The summed E-state index contributed by atoms with van der Waals surface area (Å²) in [5, 5.41) is 11.8. The van der Waals surface area contributed by atoms with E-state index in [0.717, 1.165) is 40.6 Å². The topological polar surface area (TPSA) is 51.6 Å². The van der Waals surface area contributed by atoms with Crippen molar-refractivity contribution in [3.8, 4) is 22.1 Å². The molecule has 0 spiro atoms. The van der Waals surface area contributed by atoms with Gasteiger partial charge in [-0.15, -0.1) is 11.3 Å². The van der Waals surface area contributed by atoms with Crippen molar-refractivity contribution in [1.82, 2.24) is 4.98 Å². The molecule has 5 heteroatoms. The highest BCUT2D eigenvalue weighted by molar-refractivity contribution is 7.13. The number of aryl methyl sites for hydroxylation is 1. The van der Waals surface area contributed by atoms with E-state index in [2.05, 4.69) is 4.98 Å². The Hall–Kier alpha value is -1.59. The van der Waals surface area contributed by atoms with Crippen molar-refractivity contribution in [3.63, 3.8) is 0 Å². The van der Waals surface area contributed by atoms with Gasteiger partial charge in [0.1, 0.15) is 5.01 Å². The number of methoxy groups -OCH3 is 1. The molecule has 2 aromatic rings. The van der Waals surface area contributed by atoms with E-state index < -0.39 is 0 Å². The molecule has 0 aliphatic heterocycles. The lowest BCUT2D eigenvalue weighted by molar-refractivity contribution is 0.288. The summed E-state index contributed by atoms with van der Waals surface area (Å²) in [6, 6.07) is 5.84. The lowest BCUT2D eigenvalue weighted by atomic mass is 10.2. The number of aromatic nitrogens is 1. The van der Waals surface area contributed by atoms with Crippen molar-refractivity contribution in [2.24, 2.45) is 0 Å². The van der Waals surface area contributed by atoms with E-state index in [0.29, 0.717) is 6.61 Å². The van der Waals surface area contributed by atoms with Crippen LogP contribution >= 0.6 is 11.3 Å². The number of hydrogen-bond donors (Lipinski definition) is 1. The molecule has 1 aromatic carbocycles. The molecule has 0 amide bonds. The zero-order valence-corrected chi connectivity index (χ0v) is 12.6. The number of thiazole rings is 1. The second-order valence-electron chi connectivity index (χ2n) is 4.27. The lowest BCUT2D eigenvalue weighted by Crippen LogP contribution is -1.95. The fourth-order valence-corrected chi connectivity index (χ4v) is 2.74. The minimum Gasteiger partial charge on any atom is -0.493 e. The number of benzene rings is 1. The third-order valence-electron chi connectivity index (χ3n) is 2.85. The minimum atomic E-state index is 0.198. The van der Waals surface area contributed by atoms with Crippen molar-refractivity contribution in [3.05, 3.63) is 29.3 Å². The van der Waals surface area contributed by atoms with Gasteiger partial charge in [-0.3, -0.25) is 0 Å². The molecule has 20 heavy (non-hydrogen) atoms. The Morgan fingerprint density at radius 2 is 2.15 bits per heavy atom. The van der Waals surface area contributed by atoms with E-state index in [1.807, 2.05) is 30.5 Å². The summed E-state index contributed by atoms with van der Waals surface area (Å²) >= 11 is 1.60. The summed E-state index contributed by atoms with van der Waals surface area (Å²) in [7, 11) is 1.63. The van der Waals surface area contributed by atoms with E-state index in [-0.39, 0.29) is 6.61 Å². The fraction of sp³-hybridized carbons (Fsp3) is 0.400. The maximum absolute atomic E-state index is 8.85. The first-order chi connectivity index (χ1) is 9.78. The van der Waals surface area contributed by atoms with Crippen LogP contribution in [-0.2, 0) is 6.42 Å². The number of nitrogens with zero attached hydrogens (tertiary/aromatic N) is 1. The lowest BCUT2D eigenvalue weighted by Gasteiger charge is -2.10. The van der Waals surface area contributed by atoms with Crippen LogP contribution in [0.25, 0.3) is 10.6 Å². The third-order valence-corrected chi connectivity index (χ3v) is 3.79. The molecule has 0 radical (unpaired) electrons. The van der Waals surface area contributed by atoms with Crippen molar-refractivity contribution in [2.45, 2.75) is 19.8 Å². The van der Waals surface area contributed by atoms with Crippen molar-refractivity contribution >= 4 is 11.3 Å². The summed E-state index contributed by atoms with van der Waals surface area (Å²) in [5.41, 5.74) is 2.04. The fourth-order valence-electron chi connectivity index (χ4n) is 1.89. The third kappa shape index (κ3) is 3.49. The second-order valence-corrected chi connectivity index (χ2v) is 5.13. The molecule has 0 fully saturated rings. The molecule has 0 saturated carbocycles. The van der Waals surface area contributed by atoms with Crippen LogP contribution in [0.3, 0.4) is 0 Å². The van der Waals surface area contributed by atoms with Gasteiger partial charge in [0, 0.05) is 17.6 Å². The van der Waals surface area contributed by atoms with Gasteiger partial charge < -0.3 is 14.6 Å². The number of aliphatic hydroxyl groups is 1. The van der Waals surface area contributed by atoms with E-state index in [1.165, 1.54) is 0 Å². The Labute approximate surface area is 123 Å². The summed E-state index contributed by atoms with van der Waals surface area (Å²) in [6.45, 7) is 2.74. The monoisotopic (exact) mass is 293 g/mol. The number of ether oxygens (including phenoxy) is 2. The van der Waals surface area contributed by atoms with Gasteiger partial charge in [0.2, 0.25) is 0 Å². The van der Waals surface area contributed by atoms with Crippen LogP contribution in [0.4, 0.5) is 0 Å². The van der Waals surface area contributed by atoms with E-state index >= 15 is 0 Å². The summed E-state index contributed by atoms with van der Waals surface area (Å²) in [5.74, 6) is 1.47. The van der Waals surface area contributed by atoms with Gasteiger partial charge in [-0.05, 0) is 38.0 Å². The summed E-state index contributed by atoms with van der Waals surface area (Å²) in [4.78, 5) is 4.59. The first kappa shape index (κ1) is 14.8. The van der Waals surface area contributed by atoms with Gasteiger partial charge >= 0.3 is 0 Å². The SMILES string of the molecule is CCOc1cc(-c2nc(CCCO)cs2)ccc1OC. The van der Waals surface area contributed by atoms with Crippen LogP contribution < -0.4 is 9.47 Å². The van der Waals surface area contributed by atoms with Crippen LogP contribution in [0.5, 0.6) is 11.5 Å². The highest BCUT2D eigenvalue weighted by Gasteiger charge is 2.10. The van der Waals surface area contributed by atoms with Crippen molar-refractivity contribution < 1.29 is 14.6 Å². The van der Waals surface area contributed by atoms with E-state index in [9.17, 15) is 0 Å². The van der Waals surface area contributed by atoms with Crippen molar-refractivity contribution in [2.75, 3.05) is 20.3 Å². The van der Waals surface area contributed by atoms with Gasteiger partial charge in [0.25, 0.3) is 0 Å². The quantitative estimate of drug-likeness (QED) is 0.852. The number of rotatable bonds is 7. The van der Waals surface area contributed by atoms with Gasteiger partial charge in [-0.25, -0.2) is 4.98 Å². The first-order valence-electron chi connectivity index (χ1n) is 6.65. The Bertz CT molecular complexity index is 554. The van der Waals surface area contributed by atoms with Gasteiger partial charge in [-0.1, -0.05) is 0 Å². The smallest absolute Gasteiger partial charge is 0.161 e. The molecule has 0 aliphatic rings. The van der Waals surface area contributed by atoms with E-state index in [4.69, 9.17) is 14.6 Å². The van der Waals surface area contributed by atoms with Gasteiger partial charge in [-0.2, -0.15) is 0 Å². The predicted molar refractivity (Wildman–Crippen MR) is 80.7 cm³/mol. The van der Waals surface area contributed by atoms with Crippen LogP contribution in [0.15, 0.2) is 23.6 Å². The molecule has 108 valence electrons. The maximum Gasteiger partial charge on any atom is 0.161 e. The molecule has 2 rings (SSSR count). The average Bonchev–Trinajstić information content (AvgIpc) is 2.94. The molecule has 0 aliphatic carbocycles. The largest absolute Gasteiger partial charge is 0.493 e. The Kier molecular flexibility index (Phi) is 5.38. The summed E-state index contributed by atoms with van der Waals surface area (Å²) in [6.07, 6.45) is 1.55. The van der Waals surface area contributed by atoms with Gasteiger partial charge in [0.05, 0.1) is 19.4 Å². The normalized spacial score (nSPS) is 10.6. The van der Waals surface area contributed by atoms with Crippen molar-refractivity contribution in [1.29, 1.82) is 0 Å². The van der Waals surface area contributed by atoms with Crippen LogP contribution in [0.1, 0.15) is 19.0 Å². The molecule has 1 aromatic heterocycles. The predicted octanol–water partition coefficient (Wildman–Crippen LogP) is 3.14. The summed E-state index contributed by atoms with van der Waals surface area (Å²) < 4.78 is 10.9. The van der Waals surface area contributed by atoms with Crippen LogP contribution in [0.2, 0.25) is 0 Å². The van der Waals surface area contributed by atoms with Crippen LogP contribution in [-0.4, -0.2) is 30.4 Å². The Balaban J connectivity index is 2.23. The first-order valence-corrected chi connectivity index (χ1v) is 7.53. The molecule has 0 atom stereocenters. The molecule has 1 N–H and O–H groups in total. The zero-order valence-electron chi connectivity index (χ0n) is 11.8. The van der Waals surface area contributed by atoms with Gasteiger partial charge in [0.15, 0.2) is 11.5 Å². The highest BCUT2D eigenvalue weighted by atomic mass is 32.1. The molecule has 0 saturated heterocycles. The maximum atomic E-state index is 8.85. The number of aliphatic hydroxyl groups excluding tert-OH is 1. The average molecular weight is 293 g/mol. The Morgan fingerprint density at radius 1 is 1.30 bits per heavy atom. The molecular formula is C15H19NO3S. The molecule has 1 heterocycles. The molecular weight excluding hydrogens is 274 g/mol. The minimum absolute atomic E-state index is 0.198. The number of hydrogen-bond acceptors (Lipinski definition) is 5. The second kappa shape index (κ2) is 7.26. The molecule has 0 unspecified atom stereocenters. The van der Waals surface area contributed by atoms with Crippen LogP contribution in [0, 0.1) is 0 Å². The molecule has 0 bridgehead atoms. The zero-order chi connectivity index (χ0) is 14.4. The molecule has 4 nitrogen and oxygen atoms in total.